The van der Waals surface area contributed by atoms with E-state index in [1.807, 2.05) is 6.92 Å². The molecular weight excluding hydrogens is 411 g/mol. The van der Waals surface area contributed by atoms with Crippen LogP contribution in [0.15, 0.2) is 24.3 Å². The summed E-state index contributed by atoms with van der Waals surface area (Å²) in [6, 6.07) is 5.79. The standard InChI is InChI=1S/C19H21ClF3N3O3/c1-11-16(18(27-2)26-25-17(11)20)24-10-14-4-3-5-15(28-14)12-6-8-13(9-7-12)29-19(21,22)23/h6-9,14-15H,3-5,10H2,1-2H3,(H,24,25). The summed E-state index contributed by atoms with van der Waals surface area (Å²) in [5.41, 5.74) is 2.20. The van der Waals surface area contributed by atoms with Crippen molar-refractivity contribution in [1.29, 1.82) is 0 Å². The van der Waals surface area contributed by atoms with Crippen LogP contribution in [0.4, 0.5) is 18.9 Å². The summed E-state index contributed by atoms with van der Waals surface area (Å²) in [5, 5.41) is 11.3. The topological polar surface area (TPSA) is 65.5 Å². The van der Waals surface area contributed by atoms with Crippen LogP contribution in [-0.2, 0) is 4.74 Å². The first-order chi connectivity index (χ1) is 13.8. The van der Waals surface area contributed by atoms with Gasteiger partial charge in [-0.05, 0) is 43.9 Å². The zero-order valence-corrected chi connectivity index (χ0v) is 16.7. The minimum absolute atomic E-state index is 0.0871. The molecule has 29 heavy (non-hydrogen) atoms. The summed E-state index contributed by atoms with van der Waals surface area (Å²) in [4.78, 5) is 0. The number of nitrogens with one attached hydrogen (secondary N) is 1. The second-order valence-electron chi connectivity index (χ2n) is 6.68. The molecule has 2 atom stereocenters. The molecule has 1 fully saturated rings. The monoisotopic (exact) mass is 431 g/mol. The van der Waals surface area contributed by atoms with Crippen molar-refractivity contribution in [3.05, 3.63) is 40.5 Å². The van der Waals surface area contributed by atoms with E-state index in [1.54, 1.807) is 12.1 Å². The molecule has 2 unspecified atom stereocenters. The molecule has 0 aliphatic carbocycles. The minimum atomic E-state index is -4.70. The molecule has 0 bridgehead atoms. The first-order valence-electron chi connectivity index (χ1n) is 9.08. The van der Waals surface area contributed by atoms with Gasteiger partial charge in [0.25, 0.3) is 5.88 Å². The van der Waals surface area contributed by atoms with E-state index in [1.165, 1.54) is 19.2 Å². The van der Waals surface area contributed by atoms with E-state index < -0.39 is 6.36 Å². The minimum Gasteiger partial charge on any atom is -0.478 e. The van der Waals surface area contributed by atoms with Crippen molar-refractivity contribution in [2.45, 2.75) is 44.8 Å². The summed E-state index contributed by atoms with van der Waals surface area (Å²) in [6.07, 6.45) is -2.41. The van der Waals surface area contributed by atoms with Gasteiger partial charge in [0.1, 0.15) is 11.4 Å². The summed E-state index contributed by atoms with van der Waals surface area (Å²) >= 11 is 6.04. The van der Waals surface area contributed by atoms with Crippen molar-refractivity contribution >= 4 is 17.3 Å². The van der Waals surface area contributed by atoms with E-state index in [2.05, 4.69) is 20.3 Å². The molecule has 0 saturated carbocycles. The Kier molecular flexibility index (Phi) is 6.69. The summed E-state index contributed by atoms with van der Waals surface area (Å²) < 4.78 is 52.2. The lowest BCUT2D eigenvalue weighted by molar-refractivity contribution is -0.274. The van der Waals surface area contributed by atoms with Crippen LogP contribution >= 0.6 is 11.6 Å². The van der Waals surface area contributed by atoms with E-state index in [4.69, 9.17) is 21.1 Å². The Morgan fingerprint density at radius 3 is 2.59 bits per heavy atom. The van der Waals surface area contributed by atoms with Crippen LogP contribution in [-0.4, -0.2) is 36.3 Å². The third-order valence-electron chi connectivity index (χ3n) is 4.66. The zero-order chi connectivity index (χ0) is 21.0. The van der Waals surface area contributed by atoms with Crippen molar-refractivity contribution in [2.75, 3.05) is 19.0 Å². The number of hydrogen-bond acceptors (Lipinski definition) is 6. The molecule has 0 radical (unpaired) electrons. The molecule has 2 heterocycles. The van der Waals surface area contributed by atoms with Crippen molar-refractivity contribution in [3.63, 3.8) is 0 Å². The van der Waals surface area contributed by atoms with Crippen LogP contribution in [0.25, 0.3) is 0 Å². The Labute approximate surface area is 171 Å². The Morgan fingerprint density at radius 2 is 1.93 bits per heavy atom. The van der Waals surface area contributed by atoms with Crippen LogP contribution < -0.4 is 14.8 Å². The highest BCUT2D eigenvalue weighted by Gasteiger charge is 2.31. The Morgan fingerprint density at radius 1 is 1.21 bits per heavy atom. The largest absolute Gasteiger partial charge is 0.573 e. The maximum Gasteiger partial charge on any atom is 0.573 e. The zero-order valence-electron chi connectivity index (χ0n) is 15.9. The van der Waals surface area contributed by atoms with Crippen LogP contribution in [0.5, 0.6) is 11.6 Å². The summed E-state index contributed by atoms with van der Waals surface area (Å²) in [6.45, 7) is 2.32. The van der Waals surface area contributed by atoms with E-state index >= 15 is 0 Å². The second-order valence-corrected chi connectivity index (χ2v) is 7.03. The van der Waals surface area contributed by atoms with Gasteiger partial charge in [-0.2, -0.15) is 0 Å². The normalized spacial score (nSPS) is 19.7. The molecule has 3 rings (SSSR count). The number of rotatable bonds is 6. The Hall–Kier alpha value is -2.26. The van der Waals surface area contributed by atoms with Gasteiger partial charge >= 0.3 is 6.36 Å². The lowest BCUT2D eigenvalue weighted by atomic mass is 9.98. The maximum atomic E-state index is 12.3. The molecule has 6 nitrogen and oxygen atoms in total. The number of aromatic nitrogens is 2. The fraction of sp³-hybridized carbons (Fsp3) is 0.474. The van der Waals surface area contributed by atoms with Gasteiger partial charge in [-0.3, -0.25) is 0 Å². The fourth-order valence-corrected chi connectivity index (χ4v) is 3.36. The predicted molar refractivity (Wildman–Crippen MR) is 101 cm³/mol. The van der Waals surface area contributed by atoms with E-state index in [-0.39, 0.29) is 23.1 Å². The molecule has 1 aliphatic heterocycles. The number of alkyl halides is 3. The highest BCUT2D eigenvalue weighted by Crippen LogP contribution is 2.34. The molecule has 158 valence electrons. The molecule has 1 saturated heterocycles. The number of hydrogen-bond donors (Lipinski definition) is 1. The Balaban J connectivity index is 1.62. The van der Waals surface area contributed by atoms with Crippen molar-refractivity contribution in [1.82, 2.24) is 10.2 Å². The van der Waals surface area contributed by atoms with Crippen molar-refractivity contribution in [2.24, 2.45) is 0 Å². The van der Waals surface area contributed by atoms with E-state index in [0.29, 0.717) is 18.1 Å². The lowest BCUT2D eigenvalue weighted by Crippen LogP contribution is -2.29. The Bertz CT molecular complexity index is 834. The smallest absolute Gasteiger partial charge is 0.478 e. The SMILES string of the molecule is COc1nnc(Cl)c(C)c1NCC1CCCC(c2ccc(OC(F)(F)F)cc2)O1. The molecule has 0 amide bonds. The number of nitrogens with zero attached hydrogens (tertiary/aromatic N) is 2. The van der Waals surface area contributed by atoms with Crippen molar-refractivity contribution in [3.8, 4) is 11.6 Å². The molecule has 2 aromatic rings. The van der Waals surface area contributed by atoms with Gasteiger partial charge in [0.2, 0.25) is 0 Å². The fourth-order valence-electron chi connectivity index (χ4n) is 3.22. The molecule has 1 aliphatic rings. The van der Waals surface area contributed by atoms with Gasteiger partial charge < -0.3 is 19.5 Å². The third-order valence-corrected chi connectivity index (χ3v) is 5.02. The molecule has 10 heteroatoms. The van der Waals surface area contributed by atoms with Gasteiger partial charge in [0.15, 0.2) is 5.15 Å². The van der Waals surface area contributed by atoms with Gasteiger partial charge in [-0.25, -0.2) is 0 Å². The third kappa shape index (κ3) is 5.63. The number of benzene rings is 1. The molecular formula is C19H21ClF3N3O3. The van der Waals surface area contributed by atoms with Gasteiger partial charge in [-0.15, -0.1) is 23.4 Å². The quantitative estimate of drug-likeness (QED) is 0.689. The first-order valence-corrected chi connectivity index (χ1v) is 9.46. The number of ether oxygens (including phenoxy) is 3. The number of halogens is 4. The van der Waals surface area contributed by atoms with Crippen LogP contribution in [0.1, 0.15) is 36.5 Å². The molecule has 1 N–H and O–H groups in total. The van der Waals surface area contributed by atoms with Gasteiger partial charge in [-0.1, -0.05) is 23.7 Å². The van der Waals surface area contributed by atoms with E-state index in [9.17, 15) is 13.2 Å². The van der Waals surface area contributed by atoms with Crippen LogP contribution in [0.2, 0.25) is 5.15 Å². The second kappa shape index (κ2) is 9.04. The maximum absolute atomic E-state index is 12.3. The molecule has 1 aromatic heterocycles. The predicted octanol–water partition coefficient (Wildman–Crippen LogP) is 5.07. The molecule has 1 aromatic carbocycles. The summed E-state index contributed by atoms with van der Waals surface area (Å²) in [5.74, 6) is 0.0967. The average molecular weight is 432 g/mol. The number of methoxy groups -OCH3 is 1. The molecule has 0 spiro atoms. The van der Waals surface area contributed by atoms with Gasteiger partial charge in [0.05, 0.1) is 19.3 Å². The van der Waals surface area contributed by atoms with Crippen LogP contribution in [0.3, 0.4) is 0 Å². The van der Waals surface area contributed by atoms with Crippen LogP contribution in [0, 0.1) is 6.92 Å². The number of anilines is 1. The lowest BCUT2D eigenvalue weighted by Gasteiger charge is -2.31. The summed E-state index contributed by atoms with van der Waals surface area (Å²) in [7, 11) is 1.50. The highest BCUT2D eigenvalue weighted by atomic mass is 35.5. The van der Waals surface area contributed by atoms with Crippen molar-refractivity contribution < 1.29 is 27.4 Å². The van der Waals surface area contributed by atoms with Gasteiger partial charge in [0, 0.05) is 12.1 Å². The highest BCUT2D eigenvalue weighted by molar-refractivity contribution is 6.30. The first kappa shape index (κ1) is 21.4. The van der Waals surface area contributed by atoms with E-state index in [0.717, 1.165) is 30.4 Å². The average Bonchev–Trinajstić information content (AvgIpc) is 2.68.